The van der Waals surface area contributed by atoms with Crippen molar-refractivity contribution in [2.24, 2.45) is 11.8 Å². The van der Waals surface area contributed by atoms with Crippen LogP contribution in [0.4, 0.5) is 0 Å². The second-order valence-electron chi connectivity index (χ2n) is 7.71. The highest BCUT2D eigenvalue weighted by Gasteiger charge is 2.21. The minimum atomic E-state index is 0.305. The van der Waals surface area contributed by atoms with Crippen LogP contribution >= 0.6 is 45.2 Å². The molecule has 1 aromatic carbocycles. The van der Waals surface area contributed by atoms with Crippen molar-refractivity contribution >= 4 is 45.2 Å². The van der Waals surface area contributed by atoms with E-state index in [-0.39, 0.29) is 0 Å². The summed E-state index contributed by atoms with van der Waals surface area (Å²) >= 11 is 4.49. The second-order valence-corrected chi connectivity index (χ2v) is 9.87. The van der Waals surface area contributed by atoms with Gasteiger partial charge in [-0.2, -0.15) is 0 Å². The molecule has 2 N–H and O–H groups in total. The van der Waals surface area contributed by atoms with E-state index < -0.39 is 0 Å². The van der Waals surface area contributed by atoms with E-state index in [9.17, 15) is 10.2 Å². The molecular formula is C21H34I2O2. The van der Waals surface area contributed by atoms with E-state index in [0.29, 0.717) is 17.4 Å². The van der Waals surface area contributed by atoms with Gasteiger partial charge in [-0.25, -0.2) is 0 Å². The summed E-state index contributed by atoms with van der Waals surface area (Å²) in [6, 6.07) is 0. The monoisotopic (exact) mass is 572 g/mol. The van der Waals surface area contributed by atoms with Crippen molar-refractivity contribution in [3.05, 3.63) is 18.3 Å². The van der Waals surface area contributed by atoms with Crippen LogP contribution in [0.15, 0.2) is 0 Å². The Morgan fingerprint density at radius 3 is 1.88 bits per heavy atom. The summed E-state index contributed by atoms with van der Waals surface area (Å²) < 4.78 is 1.86. The Kier molecular flexibility index (Phi) is 11.1. The first-order valence-electron chi connectivity index (χ1n) is 9.70. The van der Waals surface area contributed by atoms with E-state index in [1.807, 2.05) is 0 Å². The first kappa shape index (κ1) is 23.3. The maximum atomic E-state index is 10.6. The van der Waals surface area contributed by atoms with Gasteiger partial charge in [0.25, 0.3) is 0 Å². The van der Waals surface area contributed by atoms with Crippen LogP contribution in [0.1, 0.15) is 83.8 Å². The van der Waals surface area contributed by atoms with Gasteiger partial charge in [-0.15, -0.1) is 0 Å². The van der Waals surface area contributed by atoms with Crippen LogP contribution in [0.25, 0.3) is 0 Å². The SMILES string of the molecule is CCCCCc1c(I)c(O)c(CC[C@H](C)CCCC(C)C)c(O)c1I. The normalized spacial score (nSPS) is 12.8. The minimum Gasteiger partial charge on any atom is -0.506 e. The molecule has 1 rings (SSSR count). The van der Waals surface area contributed by atoms with Crippen molar-refractivity contribution in [2.45, 2.75) is 85.5 Å². The first-order chi connectivity index (χ1) is 11.8. The standard InChI is InChI=1S/C21H34I2O2/c1-5-6-7-11-16-18(22)20(24)17(21(25)19(16)23)13-12-15(4)10-8-9-14(2)3/h14-15,24-25H,5-13H2,1-4H3/t15-/m1/s1. The smallest absolute Gasteiger partial charge is 0.136 e. The Labute approximate surface area is 181 Å². The third-order valence-corrected chi connectivity index (χ3v) is 7.24. The van der Waals surface area contributed by atoms with Crippen molar-refractivity contribution < 1.29 is 10.2 Å². The Bertz CT molecular complexity index is 512. The zero-order valence-corrected chi connectivity index (χ0v) is 20.5. The maximum Gasteiger partial charge on any atom is 0.136 e. The summed E-state index contributed by atoms with van der Waals surface area (Å²) in [5.74, 6) is 2.00. The zero-order valence-electron chi connectivity index (χ0n) is 16.2. The number of phenolic OH excluding ortho intramolecular Hbond substituents is 2. The lowest BCUT2D eigenvalue weighted by molar-refractivity contribution is 0.410. The quantitative estimate of drug-likeness (QED) is 0.214. The van der Waals surface area contributed by atoms with Gasteiger partial charge >= 0.3 is 0 Å². The Morgan fingerprint density at radius 1 is 0.760 bits per heavy atom. The minimum absolute atomic E-state index is 0.305. The fraction of sp³-hybridized carbons (Fsp3) is 0.714. The summed E-state index contributed by atoms with van der Waals surface area (Å²) in [5, 5.41) is 21.3. The van der Waals surface area contributed by atoms with Gasteiger partial charge < -0.3 is 10.2 Å². The average molecular weight is 572 g/mol. The first-order valence-corrected chi connectivity index (χ1v) is 11.9. The van der Waals surface area contributed by atoms with Gasteiger partial charge in [-0.1, -0.05) is 59.8 Å². The topological polar surface area (TPSA) is 40.5 Å². The van der Waals surface area contributed by atoms with Gasteiger partial charge in [0.1, 0.15) is 11.5 Å². The molecule has 1 aromatic rings. The molecule has 1 atom stereocenters. The number of halogens is 2. The molecule has 0 unspecified atom stereocenters. The van der Waals surface area contributed by atoms with Crippen LogP contribution in [0.3, 0.4) is 0 Å². The van der Waals surface area contributed by atoms with E-state index in [1.165, 1.54) is 32.1 Å². The highest BCUT2D eigenvalue weighted by molar-refractivity contribution is 14.1. The summed E-state index contributed by atoms with van der Waals surface area (Å²) in [5.41, 5.74) is 1.85. The number of hydrogen-bond acceptors (Lipinski definition) is 2. The lowest BCUT2D eigenvalue weighted by Crippen LogP contribution is -2.03. The van der Waals surface area contributed by atoms with Crippen LogP contribution < -0.4 is 0 Å². The molecule has 0 saturated carbocycles. The molecule has 0 amide bonds. The predicted octanol–water partition coefficient (Wildman–Crippen LogP) is 7.43. The van der Waals surface area contributed by atoms with E-state index in [4.69, 9.17) is 0 Å². The van der Waals surface area contributed by atoms with E-state index in [0.717, 1.165) is 49.9 Å². The molecule has 0 aliphatic rings. The Morgan fingerprint density at radius 2 is 1.36 bits per heavy atom. The van der Waals surface area contributed by atoms with Gasteiger partial charge in [-0.3, -0.25) is 0 Å². The molecule has 0 aliphatic heterocycles. The highest BCUT2D eigenvalue weighted by Crippen LogP contribution is 2.41. The van der Waals surface area contributed by atoms with Gasteiger partial charge in [0.15, 0.2) is 0 Å². The second kappa shape index (κ2) is 11.9. The lowest BCUT2D eigenvalue weighted by atomic mass is 9.93. The molecule has 0 aromatic heterocycles. The number of phenols is 2. The van der Waals surface area contributed by atoms with E-state index in [2.05, 4.69) is 72.9 Å². The molecular weight excluding hydrogens is 538 g/mol. The molecule has 144 valence electrons. The number of rotatable bonds is 11. The van der Waals surface area contributed by atoms with Crippen molar-refractivity contribution in [3.8, 4) is 11.5 Å². The number of aromatic hydroxyl groups is 2. The number of unbranched alkanes of at least 4 members (excludes halogenated alkanes) is 2. The molecule has 0 radical (unpaired) electrons. The molecule has 0 spiro atoms. The summed E-state index contributed by atoms with van der Waals surface area (Å²) in [4.78, 5) is 0. The molecule has 0 aliphatic carbocycles. The van der Waals surface area contributed by atoms with E-state index in [1.54, 1.807) is 0 Å². The predicted molar refractivity (Wildman–Crippen MR) is 125 cm³/mol. The van der Waals surface area contributed by atoms with Gasteiger partial charge in [0.05, 0.1) is 7.14 Å². The highest BCUT2D eigenvalue weighted by atomic mass is 127. The average Bonchev–Trinajstić information content (AvgIpc) is 2.56. The molecule has 0 fully saturated rings. The van der Waals surface area contributed by atoms with Crippen LogP contribution in [0, 0.1) is 19.0 Å². The van der Waals surface area contributed by atoms with Crippen LogP contribution in [0.5, 0.6) is 11.5 Å². The van der Waals surface area contributed by atoms with Crippen molar-refractivity contribution in [3.63, 3.8) is 0 Å². The molecule has 25 heavy (non-hydrogen) atoms. The van der Waals surface area contributed by atoms with Crippen molar-refractivity contribution in [2.75, 3.05) is 0 Å². The van der Waals surface area contributed by atoms with Gasteiger partial charge in [0, 0.05) is 5.56 Å². The Balaban J connectivity index is 2.77. The number of benzene rings is 1. The third kappa shape index (κ3) is 7.43. The largest absolute Gasteiger partial charge is 0.506 e. The fourth-order valence-corrected chi connectivity index (χ4v) is 5.42. The zero-order chi connectivity index (χ0) is 19.0. The van der Waals surface area contributed by atoms with Crippen molar-refractivity contribution in [1.82, 2.24) is 0 Å². The molecule has 2 nitrogen and oxygen atoms in total. The third-order valence-electron chi connectivity index (χ3n) is 4.91. The van der Waals surface area contributed by atoms with Gasteiger partial charge in [0.2, 0.25) is 0 Å². The van der Waals surface area contributed by atoms with Crippen LogP contribution in [-0.4, -0.2) is 10.2 Å². The Hall–Kier alpha value is 0.280. The number of hydrogen-bond donors (Lipinski definition) is 2. The van der Waals surface area contributed by atoms with Gasteiger partial charge in [-0.05, 0) is 88.3 Å². The molecule has 0 saturated heterocycles. The van der Waals surface area contributed by atoms with Crippen LogP contribution in [-0.2, 0) is 12.8 Å². The van der Waals surface area contributed by atoms with E-state index >= 15 is 0 Å². The molecule has 0 heterocycles. The maximum absolute atomic E-state index is 10.6. The molecule has 0 bridgehead atoms. The molecule has 4 heteroatoms. The summed E-state index contributed by atoms with van der Waals surface area (Å²) in [6.45, 7) is 9.01. The summed E-state index contributed by atoms with van der Waals surface area (Å²) in [6.07, 6.45) is 9.93. The fourth-order valence-electron chi connectivity index (χ4n) is 3.18. The lowest BCUT2D eigenvalue weighted by Gasteiger charge is -2.18. The van der Waals surface area contributed by atoms with Crippen molar-refractivity contribution in [1.29, 1.82) is 0 Å². The van der Waals surface area contributed by atoms with Crippen LogP contribution in [0.2, 0.25) is 0 Å². The summed E-state index contributed by atoms with van der Waals surface area (Å²) in [7, 11) is 0.